The summed E-state index contributed by atoms with van der Waals surface area (Å²) in [7, 11) is -3.56. The lowest BCUT2D eigenvalue weighted by molar-refractivity contribution is 0.0628. The van der Waals surface area contributed by atoms with Gasteiger partial charge in [0.2, 0.25) is 10.0 Å². The molecular weight excluding hydrogens is 268 g/mol. The molecule has 0 spiro atoms. The van der Waals surface area contributed by atoms with E-state index in [0.717, 1.165) is 0 Å². The van der Waals surface area contributed by atoms with Crippen molar-refractivity contribution >= 4 is 15.8 Å². The summed E-state index contributed by atoms with van der Waals surface area (Å²) in [6.45, 7) is 2.48. The van der Waals surface area contributed by atoms with Crippen LogP contribution in [0.1, 0.15) is 13.3 Å². The molecule has 0 radical (unpaired) electrons. The highest BCUT2D eigenvalue weighted by Crippen LogP contribution is 2.24. The van der Waals surface area contributed by atoms with Gasteiger partial charge in [0.25, 0.3) is 0 Å². The van der Waals surface area contributed by atoms with Crippen LogP contribution in [0.25, 0.3) is 0 Å². The smallest absolute Gasteiger partial charge is 0.243 e. The minimum Gasteiger partial charge on any atom is -0.393 e. The molecule has 7 nitrogen and oxygen atoms in total. The first-order chi connectivity index (χ1) is 8.95. The number of nitrogen functional groups attached to an aromatic ring is 1. The first-order valence-corrected chi connectivity index (χ1v) is 7.50. The van der Waals surface area contributed by atoms with E-state index in [0.29, 0.717) is 25.3 Å². The summed E-state index contributed by atoms with van der Waals surface area (Å²) in [5.41, 5.74) is 2.32. The molecule has 4 N–H and O–H groups in total. The van der Waals surface area contributed by atoms with E-state index in [9.17, 15) is 13.5 Å². The molecule has 1 saturated heterocycles. The highest BCUT2D eigenvalue weighted by Gasteiger charge is 2.32. The summed E-state index contributed by atoms with van der Waals surface area (Å²) in [6, 6.07) is 2.83. The fraction of sp³-hybridized carbons (Fsp3) is 0.545. The van der Waals surface area contributed by atoms with Crippen molar-refractivity contribution in [3.63, 3.8) is 0 Å². The molecule has 19 heavy (non-hydrogen) atoms. The highest BCUT2D eigenvalue weighted by atomic mass is 32.2. The van der Waals surface area contributed by atoms with E-state index in [4.69, 9.17) is 5.84 Å². The van der Waals surface area contributed by atoms with Crippen LogP contribution in [0.4, 0.5) is 5.82 Å². The van der Waals surface area contributed by atoms with Gasteiger partial charge in [0, 0.05) is 25.4 Å². The Balaban J connectivity index is 2.27. The molecule has 2 rings (SSSR count). The number of aliphatic hydroxyl groups is 1. The van der Waals surface area contributed by atoms with Crippen molar-refractivity contribution in [2.45, 2.75) is 24.3 Å². The Hall–Kier alpha value is -1.22. The molecule has 1 aliphatic rings. The van der Waals surface area contributed by atoms with Crippen LogP contribution in [0.3, 0.4) is 0 Å². The third-order valence-corrected chi connectivity index (χ3v) is 5.20. The maximum Gasteiger partial charge on any atom is 0.243 e. The Labute approximate surface area is 112 Å². The summed E-state index contributed by atoms with van der Waals surface area (Å²) in [5.74, 6) is 5.45. The SMILES string of the molecule is CC1CN(S(=O)(=O)c2ccnc(NN)c2)CCC1O. The Morgan fingerprint density at radius 3 is 2.95 bits per heavy atom. The predicted octanol–water partition coefficient (Wildman–Crippen LogP) is -0.241. The molecule has 2 heterocycles. The number of hydrogen-bond donors (Lipinski definition) is 3. The van der Waals surface area contributed by atoms with Crippen LogP contribution in [0.15, 0.2) is 23.2 Å². The Morgan fingerprint density at radius 1 is 1.58 bits per heavy atom. The fourth-order valence-corrected chi connectivity index (χ4v) is 3.68. The van der Waals surface area contributed by atoms with Gasteiger partial charge in [0.1, 0.15) is 5.82 Å². The van der Waals surface area contributed by atoms with Gasteiger partial charge in [-0.3, -0.25) is 0 Å². The van der Waals surface area contributed by atoms with Gasteiger partial charge in [0.05, 0.1) is 11.0 Å². The van der Waals surface area contributed by atoms with Crippen LogP contribution in [-0.2, 0) is 10.0 Å². The fourth-order valence-electron chi connectivity index (χ4n) is 2.11. The molecule has 2 unspecified atom stereocenters. The van der Waals surface area contributed by atoms with E-state index < -0.39 is 16.1 Å². The maximum atomic E-state index is 12.5. The van der Waals surface area contributed by atoms with Crippen LogP contribution >= 0.6 is 0 Å². The lowest BCUT2D eigenvalue weighted by Crippen LogP contribution is -2.44. The standard InChI is InChI=1S/C11H18N4O3S/c1-8-7-15(5-3-10(8)16)19(17,18)9-2-4-13-11(6-9)14-12/h2,4,6,8,10,16H,3,5,7,12H2,1H3,(H,13,14). The van der Waals surface area contributed by atoms with Crippen LogP contribution in [0, 0.1) is 5.92 Å². The summed E-state index contributed by atoms with van der Waals surface area (Å²) >= 11 is 0. The van der Waals surface area contributed by atoms with E-state index in [-0.39, 0.29) is 10.8 Å². The van der Waals surface area contributed by atoms with E-state index in [1.807, 2.05) is 6.92 Å². The zero-order chi connectivity index (χ0) is 14.0. The highest BCUT2D eigenvalue weighted by molar-refractivity contribution is 7.89. The number of piperidine rings is 1. The average Bonchev–Trinajstić information content (AvgIpc) is 2.41. The average molecular weight is 286 g/mol. The third kappa shape index (κ3) is 2.86. The molecule has 0 aromatic carbocycles. The molecular formula is C11H18N4O3S. The number of hydrazine groups is 1. The molecule has 1 aromatic rings. The van der Waals surface area contributed by atoms with Gasteiger partial charge in [-0.1, -0.05) is 6.92 Å². The zero-order valence-corrected chi connectivity index (χ0v) is 11.5. The number of nitrogens with one attached hydrogen (secondary N) is 1. The number of nitrogens with zero attached hydrogens (tertiary/aromatic N) is 2. The molecule has 1 aromatic heterocycles. The first-order valence-electron chi connectivity index (χ1n) is 6.06. The zero-order valence-electron chi connectivity index (χ0n) is 10.7. The molecule has 0 bridgehead atoms. The molecule has 1 aliphatic heterocycles. The topological polar surface area (TPSA) is 109 Å². The predicted molar refractivity (Wildman–Crippen MR) is 70.6 cm³/mol. The molecule has 106 valence electrons. The van der Waals surface area contributed by atoms with Gasteiger partial charge in [-0.05, 0) is 18.4 Å². The number of rotatable bonds is 3. The van der Waals surface area contributed by atoms with Crippen LogP contribution in [0.2, 0.25) is 0 Å². The maximum absolute atomic E-state index is 12.5. The third-order valence-electron chi connectivity index (χ3n) is 3.34. The van der Waals surface area contributed by atoms with Crippen molar-refractivity contribution in [3.05, 3.63) is 18.3 Å². The number of sulfonamides is 1. The van der Waals surface area contributed by atoms with Gasteiger partial charge in [-0.25, -0.2) is 19.2 Å². The largest absolute Gasteiger partial charge is 0.393 e. The summed E-state index contributed by atoms with van der Waals surface area (Å²) in [6.07, 6.45) is 1.41. The molecule has 1 fully saturated rings. The molecule has 0 amide bonds. The molecule has 8 heteroatoms. The monoisotopic (exact) mass is 286 g/mol. The van der Waals surface area contributed by atoms with Gasteiger partial charge >= 0.3 is 0 Å². The Bertz CT molecular complexity index is 549. The van der Waals surface area contributed by atoms with Crippen molar-refractivity contribution in [1.82, 2.24) is 9.29 Å². The number of pyridine rings is 1. The number of anilines is 1. The van der Waals surface area contributed by atoms with Crippen molar-refractivity contribution in [2.24, 2.45) is 11.8 Å². The van der Waals surface area contributed by atoms with Crippen molar-refractivity contribution < 1.29 is 13.5 Å². The van der Waals surface area contributed by atoms with Crippen LogP contribution in [0.5, 0.6) is 0 Å². The molecule has 2 atom stereocenters. The van der Waals surface area contributed by atoms with Crippen LogP contribution in [-0.4, -0.2) is 42.0 Å². The van der Waals surface area contributed by atoms with E-state index in [1.54, 1.807) is 0 Å². The quantitative estimate of drug-likeness (QED) is 0.522. The van der Waals surface area contributed by atoms with Gasteiger partial charge in [0.15, 0.2) is 0 Å². The van der Waals surface area contributed by atoms with Gasteiger partial charge in [-0.15, -0.1) is 0 Å². The number of aromatic nitrogens is 1. The number of nitrogens with two attached hydrogens (primary N) is 1. The summed E-state index contributed by atoms with van der Waals surface area (Å²) < 4.78 is 26.3. The first kappa shape index (κ1) is 14.2. The van der Waals surface area contributed by atoms with Crippen LogP contribution < -0.4 is 11.3 Å². The Kier molecular flexibility index (Phi) is 4.04. The second-order valence-corrected chi connectivity index (χ2v) is 6.66. The number of aliphatic hydroxyl groups excluding tert-OH is 1. The van der Waals surface area contributed by atoms with Gasteiger partial charge in [-0.2, -0.15) is 4.31 Å². The van der Waals surface area contributed by atoms with Gasteiger partial charge < -0.3 is 10.5 Å². The lowest BCUT2D eigenvalue weighted by atomic mass is 9.99. The second-order valence-electron chi connectivity index (χ2n) is 4.72. The van der Waals surface area contributed by atoms with E-state index in [2.05, 4.69) is 10.4 Å². The minimum atomic E-state index is -3.56. The van der Waals surface area contributed by atoms with E-state index in [1.165, 1.54) is 22.6 Å². The summed E-state index contributed by atoms with van der Waals surface area (Å²) in [5, 5.41) is 9.66. The van der Waals surface area contributed by atoms with E-state index >= 15 is 0 Å². The molecule has 0 aliphatic carbocycles. The van der Waals surface area contributed by atoms with Crippen molar-refractivity contribution in [1.29, 1.82) is 0 Å². The normalized spacial score (nSPS) is 25.2. The summed E-state index contributed by atoms with van der Waals surface area (Å²) in [4.78, 5) is 4.04. The number of hydrogen-bond acceptors (Lipinski definition) is 6. The van der Waals surface area contributed by atoms with Crippen molar-refractivity contribution in [3.8, 4) is 0 Å². The second kappa shape index (κ2) is 5.41. The van der Waals surface area contributed by atoms with Crippen molar-refractivity contribution in [2.75, 3.05) is 18.5 Å². The Morgan fingerprint density at radius 2 is 2.32 bits per heavy atom. The lowest BCUT2D eigenvalue weighted by Gasteiger charge is -2.33. The molecule has 0 saturated carbocycles. The minimum absolute atomic E-state index is 0.0718.